The fraction of sp³-hybridized carbons (Fsp3) is 0.200. The lowest BCUT2D eigenvalue weighted by Crippen LogP contribution is -2.02. The molecule has 0 bridgehead atoms. The second kappa shape index (κ2) is 9.64. The van der Waals surface area contributed by atoms with E-state index in [4.69, 9.17) is 32.8 Å². The van der Waals surface area contributed by atoms with E-state index in [0.29, 0.717) is 5.56 Å². The highest BCUT2D eigenvalue weighted by atomic mass is 16.5. The van der Waals surface area contributed by atoms with Crippen LogP contribution in [0.1, 0.15) is 0 Å². The first-order valence-corrected chi connectivity index (χ1v) is 9.33. The van der Waals surface area contributed by atoms with E-state index in [1.165, 1.54) is 47.0 Å². The Kier molecular flexibility index (Phi) is 6.29. The van der Waals surface area contributed by atoms with Crippen LogP contribution in [0.5, 0.6) is 47.3 Å². The van der Waals surface area contributed by atoms with Gasteiger partial charge < -0.3 is 32.8 Å². The Hall–Kier alpha value is -4.68. The average molecular weight is 454 g/mol. The van der Waals surface area contributed by atoms with Crippen LogP contribution in [0.15, 0.2) is 41.1 Å². The summed E-state index contributed by atoms with van der Waals surface area (Å²) in [4.78, 5) is 24.7. The Morgan fingerprint density at radius 2 is 1.21 bits per heavy atom. The van der Waals surface area contributed by atoms with Crippen LogP contribution in [0, 0.1) is 0 Å². The quantitative estimate of drug-likeness (QED) is 0.365. The van der Waals surface area contributed by atoms with Crippen LogP contribution in [-0.2, 0) is 0 Å². The molecule has 0 amide bonds. The van der Waals surface area contributed by atoms with E-state index in [9.17, 15) is 0 Å². The van der Waals surface area contributed by atoms with Gasteiger partial charge in [0.1, 0.15) is 23.3 Å². The standard InChI is InChI=1S/C20H18N6O7/c1-27-13-10-14(28-2)23-19(22-13)32-11-6-5-7-12(15(11)16-21-8-9-31-16)33-20-25-17(29-3)24-18(26-20)30-4/h5-10H,1-4H3. The zero-order chi connectivity index (χ0) is 23.2. The van der Waals surface area contributed by atoms with E-state index in [1.807, 2.05) is 0 Å². The molecule has 13 nitrogen and oxygen atoms in total. The summed E-state index contributed by atoms with van der Waals surface area (Å²) in [6.07, 6.45) is 2.89. The first-order valence-electron chi connectivity index (χ1n) is 9.33. The second-order valence-corrected chi connectivity index (χ2v) is 6.00. The van der Waals surface area contributed by atoms with E-state index in [0.717, 1.165) is 0 Å². The molecule has 4 rings (SSSR count). The highest BCUT2D eigenvalue weighted by molar-refractivity contribution is 5.71. The normalized spacial score (nSPS) is 10.4. The molecule has 0 radical (unpaired) electrons. The van der Waals surface area contributed by atoms with Gasteiger partial charge in [0, 0.05) is 0 Å². The maximum absolute atomic E-state index is 5.92. The van der Waals surface area contributed by atoms with E-state index < -0.39 is 0 Å². The molecule has 170 valence electrons. The van der Waals surface area contributed by atoms with Gasteiger partial charge in [-0.1, -0.05) is 6.07 Å². The molecule has 0 saturated heterocycles. The fourth-order valence-electron chi connectivity index (χ4n) is 2.62. The maximum Gasteiger partial charge on any atom is 0.331 e. The third kappa shape index (κ3) is 4.81. The van der Waals surface area contributed by atoms with Crippen molar-refractivity contribution in [2.24, 2.45) is 0 Å². The third-order valence-electron chi connectivity index (χ3n) is 4.05. The van der Waals surface area contributed by atoms with Gasteiger partial charge in [0.25, 0.3) is 0 Å². The summed E-state index contributed by atoms with van der Waals surface area (Å²) < 4.78 is 37.8. The van der Waals surface area contributed by atoms with Crippen molar-refractivity contribution in [1.82, 2.24) is 29.9 Å². The third-order valence-corrected chi connectivity index (χ3v) is 4.05. The molecule has 1 aromatic carbocycles. The number of rotatable bonds is 9. The van der Waals surface area contributed by atoms with Crippen molar-refractivity contribution >= 4 is 0 Å². The van der Waals surface area contributed by atoms with Crippen LogP contribution in [0.4, 0.5) is 0 Å². The molecular formula is C20H18N6O7. The Bertz CT molecular complexity index is 1120. The molecule has 4 aromatic rings. The van der Waals surface area contributed by atoms with Crippen molar-refractivity contribution in [3.8, 4) is 58.8 Å². The first kappa shape index (κ1) is 21.5. The Morgan fingerprint density at radius 3 is 1.70 bits per heavy atom. The summed E-state index contributed by atoms with van der Waals surface area (Å²) in [5.41, 5.74) is 0.353. The molecule has 0 saturated carbocycles. The molecule has 0 spiro atoms. The predicted octanol–water partition coefficient (Wildman–Crippen LogP) is 2.94. The van der Waals surface area contributed by atoms with Crippen molar-refractivity contribution in [2.75, 3.05) is 28.4 Å². The molecular weight excluding hydrogens is 436 g/mol. The van der Waals surface area contributed by atoms with Crippen LogP contribution < -0.4 is 28.4 Å². The number of benzene rings is 1. The summed E-state index contributed by atoms with van der Waals surface area (Å²) in [7, 11) is 5.76. The van der Waals surface area contributed by atoms with Crippen molar-refractivity contribution in [2.45, 2.75) is 0 Å². The molecule has 0 fully saturated rings. The summed E-state index contributed by atoms with van der Waals surface area (Å²) in [5.74, 6) is 1.26. The van der Waals surface area contributed by atoms with Gasteiger partial charge in [-0.25, -0.2) is 4.98 Å². The minimum Gasteiger partial charge on any atom is -0.481 e. The predicted molar refractivity (Wildman–Crippen MR) is 110 cm³/mol. The molecule has 13 heteroatoms. The Labute approximate surface area is 187 Å². The minimum atomic E-state index is -0.0806. The van der Waals surface area contributed by atoms with E-state index in [-0.39, 0.29) is 53.2 Å². The summed E-state index contributed by atoms with van der Waals surface area (Å²) >= 11 is 0. The number of hydrogen-bond donors (Lipinski definition) is 0. The lowest BCUT2D eigenvalue weighted by atomic mass is 10.1. The maximum atomic E-state index is 5.92. The molecule has 0 aliphatic carbocycles. The van der Waals surface area contributed by atoms with Crippen LogP contribution >= 0.6 is 0 Å². The van der Waals surface area contributed by atoms with Crippen LogP contribution in [0.25, 0.3) is 11.5 Å². The summed E-state index contributed by atoms with van der Waals surface area (Å²) in [6, 6.07) is 6.44. The van der Waals surface area contributed by atoms with Crippen LogP contribution in [0.2, 0.25) is 0 Å². The van der Waals surface area contributed by atoms with E-state index >= 15 is 0 Å². The van der Waals surface area contributed by atoms with Crippen LogP contribution in [-0.4, -0.2) is 58.3 Å². The number of oxazole rings is 1. The second-order valence-electron chi connectivity index (χ2n) is 6.00. The number of methoxy groups -OCH3 is 4. The fourth-order valence-corrected chi connectivity index (χ4v) is 2.62. The lowest BCUT2D eigenvalue weighted by Gasteiger charge is -2.13. The molecule has 3 heterocycles. The van der Waals surface area contributed by atoms with Gasteiger partial charge >= 0.3 is 24.0 Å². The minimum absolute atomic E-state index is 0.0128. The van der Waals surface area contributed by atoms with Crippen molar-refractivity contribution < 1.29 is 32.8 Å². The molecule has 0 aliphatic rings. The van der Waals surface area contributed by atoms with Gasteiger partial charge in [0.2, 0.25) is 17.7 Å². The highest BCUT2D eigenvalue weighted by Crippen LogP contribution is 2.41. The zero-order valence-corrected chi connectivity index (χ0v) is 18.0. The number of hydrogen-bond acceptors (Lipinski definition) is 13. The van der Waals surface area contributed by atoms with Gasteiger partial charge in [-0.15, -0.1) is 15.0 Å². The smallest absolute Gasteiger partial charge is 0.331 e. The molecule has 0 N–H and O–H groups in total. The SMILES string of the molecule is COc1cc(OC)nc(Oc2cccc(Oc3nc(OC)nc(OC)n3)c2-c2ncco2)n1. The monoisotopic (exact) mass is 454 g/mol. The number of ether oxygens (including phenoxy) is 6. The number of nitrogens with zero attached hydrogens (tertiary/aromatic N) is 6. The summed E-state index contributed by atoms with van der Waals surface area (Å²) in [5, 5.41) is 0. The summed E-state index contributed by atoms with van der Waals surface area (Å²) in [6.45, 7) is 0. The van der Waals surface area contributed by atoms with E-state index in [2.05, 4.69) is 29.9 Å². The van der Waals surface area contributed by atoms with Crippen molar-refractivity contribution in [1.29, 1.82) is 0 Å². The molecule has 0 unspecified atom stereocenters. The van der Waals surface area contributed by atoms with Gasteiger partial charge in [0.05, 0.1) is 40.7 Å². The zero-order valence-electron chi connectivity index (χ0n) is 18.0. The average Bonchev–Trinajstić information content (AvgIpc) is 3.38. The van der Waals surface area contributed by atoms with E-state index in [1.54, 1.807) is 18.2 Å². The largest absolute Gasteiger partial charge is 0.481 e. The molecule has 0 atom stereocenters. The van der Waals surface area contributed by atoms with Gasteiger partial charge in [-0.05, 0) is 12.1 Å². The van der Waals surface area contributed by atoms with Crippen LogP contribution in [0.3, 0.4) is 0 Å². The van der Waals surface area contributed by atoms with Crippen molar-refractivity contribution in [3.63, 3.8) is 0 Å². The first-order chi connectivity index (χ1) is 16.1. The molecule has 0 aliphatic heterocycles. The topological polar surface area (TPSA) is 146 Å². The Balaban J connectivity index is 1.77. The number of aromatic nitrogens is 6. The van der Waals surface area contributed by atoms with Gasteiger partial charge in [-0.3, -0.25) is 0 Å². The van der Waals surface area contributed by atoms with Crippen molar-refractivity contribution in [3.05, 3.63) is 36.7 Å². The molecule has 33 heavy (non-hydrogen) atoms. The Morgan fingerprint density at radius 1 is 0.667 bits per heavy atom. The highest BCUT2D eigenvalue weighted by Gasteiger charge is 2.21. The lowest BCUT2D eigenvalue weighted by molar-refractivity contribution is 0.320. The molecule has 3 aromatic heterocycles. The van der Waals surface area contributed by atoms with Gasteiger partial charge in [0.15, 0.2) is 0 Å². The van der Waals surface area contributed by atoms with Gasteiger partial charge in [-0.2, -0.15) is 9.97 Å².